The second-order valence-electron chi connectivity index (χ2n) is 3.53. The van der Waals surface area contributed by atoms with Crippen LogP contribution in [0.1, 0.15) is 30.0 Å². The molecule has 1 atom stereocenters. The highest BCUT2D eigenvalue weighted by Gasteiger charge is 2.20. The lowest BCUT2D eigenvalue weighted by Gasteiger charge is -2.15. The Labute approximate surface area is 93.4 Å². The first kappa shape index (κ1) is 10.8. The van der Waals surface area contributed by atoms with Crippen LogP contribution < -0.4 is 11.3 Å². The molecule has 0 aliphatic heterocycles. The topological polar surface area (TPSA) is 81.9 Å². The minimum absolute atomic E-state index is 0.145. The molecule has 2 rings (SSSR count). The summed E-state index contributed by atoms with van der Waals surface area (Å²) in [6.45, 7) is 2.04. The monoisotopic (exact) mass is 221 g/mol. The molecule has 3 N–H and O–H groups in total. The third kappa shape index (κ3) is 1.72. The lowest BCUT2D eigenvalue weighted by molar-refractivity contribution is 0.496. The summed E-state index contributed by atoms with van der Waals surface area (Å²) in [4.78, 5) is 0. The van der Waals surface area contributed by atoms with Crippen LogP contribution >= 0.6 is 0 Å². The molecule has 0 aliphatic carbocycles. The largest absolute Gasteiger partial charge is 0.469 e. The number of hydrogen-bond acceptors (Lipinski definition) is 5. The van der Waals surface area contributed by atoms with E-state index < -0.39 is 0 Å². The van der Waals surface area contributed by atoms with Crippen LogP contribution in [0.5, 0.6) is 0 Å². The van der Waals surface area contributed by atoms with E-state index in [1.165, 1.54) is 0 Å². The van der Waals surface area contributed by atoms with E-state index in [-0.39, 0.29) is 6.04 Å². The van der Waals surface area contributed by atoms with Gasteiger partial charge in [0.2, 0.25) is 0 Å². The van der Waals surface area contributed by atoms with Crippen molar-refractivity contribution in [1.82, 2.24) is 20.4 Å². The average molecular weight is 221 g/mol. The summed E-state index contributed by atoms with van der Waals surface area (Å²) in [6, 6.07) is 1.77. The number of aromatic nitrogens is 3. The minimum atomic E-state index is -0.145. The van der Waals surface area contributed by atoms with E-state index in [1.807, 2.05) is 20.0 Å². The standard InChI is InChI=1S/C10H15N5O/c1-3-9-7(4-5-16-9)10(13-11)8-6-12-14-15(8)2/h4-6,10,13H,3,11H2,1-2H3. The van der Waals surface area contributed by atoms with Crippen LogP contribution in [-0.4, -0.2) is 15.0 Å². The summed E-state index contributed by atoms with van der Waals surface area (Å²) in [5.41, 5.74) is 4.69. The van der Waals surface area contributed by atoms with Crippen LogP contribution in [0.3, 0.4) is 0 Å². The van der Waals surface area contributed by atoms with Crippen molar-refractivity contribution < 1.29 is 4.42 Å². The predicted molar refractivity (Wildman–Crippen MR) is 58.3 cm³/mol. The predicted octanol–water partition coefficient (Wildman–Crippen LogP) is 0.523. The van der Waals surface area contributed by atoms with Gasteiger partial charge in [-0.2, -0.15) is 0 Å². The molecule has 0 radical (unpaired) electrons. The first-order chi connectivity index (χ1) is 7.77. The molecule has 0 saturated heterocycles. The Kier molecular flexibility index (Phi) is 3.02. The zero-order valence-electron chi connectivity index (χ0n) is 9.34. The molecule has 6 heteroatoms. The molecule has 0 amide bonds. The first-order valence-electron chi connectivity index (χ1n) is 5.14. The maximum absolute atomic E-state index is 5.59. The maximum Gasteiger partial charge on any atom is 0.108 e. The number of nitrogens with zero attached hydrogens (tertiary/aromatic N) is 3. The van der Waals surface area contributed by atoms with Crippen molar-refractivity contribution in [3.63, 3.8) is 0 Å². The van der Waals surface area contributed by atoms with Crippen molar-refractivity contribution in [2.45, 2.75) is 19.4 Å². The van der Waals surface area contributed by atoms with Gasteiger partial charge in [0.05, 0.1) is 24.2 Å². The van der Waals surface area contributed by atoms with E-state index in [9.17, 15) is 0 Å². The molecule has 86 valence electrons. The molecule has 0 bridgehead atoms. The highest BCUT2D eigenvalue weighted by atomic mass is 16.3. The van der Waals surface area contributed by atoms with Crippen molar-refractivity contribution >= 4 is 0 Å². The second-order valence-corrected chi connectivity index (χ2v) is 3.53. The number of aryl methyl sites for hydroxylation is 2. The minimum Gasteiger partial charge on any atom is -0.469 e. The highest BCUT2D eigenvalue weighted by Crippen LogP contribution is 2.24. The fourth-order valence-electron chi connectivity index (χ4n) is 1.79. The molecule has 0 saturated carbocycles. The second kappa shape index (κ2) is 4.46. The van der Waals surface area contributed by atoms with Gasteiger partial charge in [-0.3, -0.25) is 10.5 Å². The number of hydrogen-bond donors (Lipinski definition) is 2. The van der Waals surface area contributed by atoms with Crippen LogP contribution in [0, 0.1) is 0 Å². The summed E-state index contributed by atoms with van der Waals surface area (Å²) in [7, 11) is 1.83. The van der Waals surface area contributed by atoms with Crippen LogP contribution in [0.15, 0.2) is 22.9 Å². The first-order valence-corrected chi connectivity index (χ1v) is 5.14. The van der Waals surface area contributed by atoms with Gasteiger partial charge in [0.25, 0.3) is 0 Å². The Balaban J connectivity index is 2.40. The van der Waals surface area contributed by atoms with Crippen molar-refractivity contribution in [2.75, 3.05) is 0 Å². The Hall–Kier alpha value is -1.66. The summed E-state index contributed by atoms with van der Waals surface area (Å²) in [6.07, 6.45) is 4.19. The van der Waals surface area contributed by atoms with E-state index >= 15 is 0 Å². The molecule has 2 aromatic rings. The van der Waals surface area contributed by atoms with Crippen molar-refractivity contribution in [2.24, 2.45) is 12.9 Å². The van der Waals surface area contributed by atoms with Crippen LogP contribution in [0.4, 0.5) is 0 Å². The van der Waals surface area contributed by atoms with Crippen molar-refractivity contribution in [3.05, 3.63) is 35.5 Å². The van der Waals surface area contributed by atoms with Crippen molar-refractivity contribution in [3.8, 4) is 0 Å². The molecular weight excluding hydrogens is 206 g/mol. The Morgan fingerprint density at radius 3 is 3.00 bits per heavy atom. The van der Waals surface area contributed by atoms with Gasteiger partial charge < -0.3 is 4.42 Å². The molecular formula is C10H15N5O. The Bertz CT molecular complexity index is 461. The average Bonchev–Trinajstić information content (AvgIpc) is 2.90. The summed E-state index contributed by atoms with van der Waals surface area (Å²) in [5.74, 6) is 6.51. The van der Waals surface area contributed by atoms with Gasteiger partial charge in [-0.25, -0.2) is 5.43 Å². The van der Waals surface area contributed by atoms with Gasteiger partial charge in [-0.05, 0) is 6.07 Å². The quantitative estimate of drug-likeness (QED) is 0.581. The zero-order valence-corrected chi connectivity index (χ0v) is 9.34. The fraction of sp³-hybridized carbons (Fsp3) is 0.400. The third-order valence-electron chi connectivity index (χ3n) is 2.62. The molecule has 0 fully saturated rings. The van der Waals surface area contributed by atoms with Gasteiger partial charge >= 0.3 is 0 Å². The van der Waals surface area contributed by atoms with Gasteiger partial charge in [0.15, 0.2) is 0 Å². The summed E-state index contributed by atoms with van der Waals surface area (Å²) >= 11 is 0. The van der Waals surface area contributed by atoms with Crippen LogP contribution in [0.2, 0.25) is 0 Å². The Morgan fingerprint density at radius 2 is 2.44 bits per heavy atom. The third-order valence-corrected chi connectivity index (χ3v) is 2.62. The molecule has 0 aromatic carbocycles. The smallest absolute Gasteiger partial charge is 0.108 e. The van der Waals surface area contributed by atoms with Gasteiger partial charge in [0, 0.05) is 19.0 Å². The van der Waals surface area contributed by atoms with Crippen LogP contribution in [-0.2, 0) is 13.5 Å². The number of hydrazine groups is 1. The molecule has 2 aromatic heterocycles. The van der Waals surface area contributed by atoms with Gasteiger partial charge in [0.1, 0.15) is 5.76 Å². The highest BCUT2D eigenvalue weighted by molar-refractivity contribution is 5.28. The molecule has 6 nitrogen and oxygen atoms in total. The molecule has 16 heavy (non-hydrogen) atoms. The SMILES string of the molecule is CCc1occc1C(NN)c1cnnn1C. The number of furan rings is 1. The van der Waals surface area contributed by atoms with E-state index in [4.69, 9.17) is 10.3 Å². The molecule has 0 spiro atoms. The van der Waals surface area contributed by atoms with E-state index in [1.54, 1.807) is 17.1 Å². The molecule has 0 aliphatic rings. The summed E-state index contributed by atoms with van der Waals surface area (Å²) < 4.78 is 7.08. The number of rotatable bonds is 4. The van der Waals surface area contributed by atoms with Gasteiger partial charge in [-0.1, -0.05) is 12.1 Å². The Morgan fingerprint density at radius 1 is 1.62 bits per heavy atom. The molecule has 2 heterocycles. The summed E-state index contributed by atoms with van der Waals surface area (Å²) in [5, 5.41) is 7.73. The fourth-order valence-corrected chi connectivity index (χ4v) is 1.79. The number of nitrogens with one attached hydrogen (secondary N) is 1. The maximum atomic E-state index is 5.59. The van der Waals surface area contributed by atoms with Crippen LogP contribution in [0.25, 0.3) is 0 Å². The van der Waals surface area contributed by atoms with Gasteiger partial charge in [-0.15, -0.1) is 5.10 Å². The van der Waals surface area contributed by atoms with Crippen molar-refractivity contribution in [1.29, 1.82) is 0 Å². The van der Waals surface area contributed by atoms with E-state index in [0.717, 1.165) is 23.4 Å². The van der Waals surface area contributed by atoms with E-state index in [0.29, 0.717) is 0 Å². The van der Waals surface area contributed by atoms with E-state index in [2.05, 4.69) is 15.7 Å². The number of nitrogens with two attached hydrogens (primary N) is 1. The lowest BCUT2D eigenvalue weighted by Crippen LogP contribution is -2.30. The zero-order chi connectivity index (χ0) is 11.5. The lowest BCUT2D eigenvalue weighted by atomic mass is 10.0. The molecule has 1 unspecified atom stereocenters. The normalized spacial score (nSPS) is 12.9.